The number of methoxy groups -OCH3 is 1. The van der Waals surface area contributed by atoms with E-state index in [1.807, 2.05) is 6.92 Å². The van der Waals surface area contributed by atoms with Crippen LogP contribution in [0.1, 0.15) is 25.2 Å². The van der Waals surface area contributed by atoms with E-state index in [4.69, 9.17) is 4.74 Å². The molecular weight excluding hydrogens is 244 g/mol. The van der Waals surface area contributed by atoms with Crippen LogP contribution in [0, 0.1) is 0 Å². The van der Waals surface area contributed by atoms with Gasteiger partial charge in [-0.2, -0.15) is 17.9 Å². The summed E-state index contributed by atoms with van der Waals surface area (Å²) in [5.41, 5.74) is 0. The summed E-state index contributed by atoms with van der Waals surface area (Å²) in [5.74, 6) is 0.601. The second-order valence-electron chi connectivity index (χ2n) is 3.44. The first-order valence-corrected chi connectivity index (χ1v) is 6.82. The largest absolute Gasteiger partial charge is 0.383 e. The molecule has 0 bridgehead atoms. The zero-order valence-electron chi connectivity index (χ0n) is 9.93. The topological polar surface area (TPSA) is 96.1 Å². The maximum Gasteiger partial charge on any atom is 0.277 e. The van der Waals surface area contributed by atoms with Crippen molar-refractivity contribution in [3.05, 3.63) is 18.2 Å². The highest BCUT2D eigenvalue weighted by Crippen LogP contribution is 2.11. The van der Waals surface area contributed by atoms with Gasteiger partial charge in [0, 0.05) is 26.0 Å². The molecule has 3 N–H and O–H groups in total. The van der Waals surface area contributed by atoms with Crippen LogP contribution in [0.25, 0.3) is 0 Å². The first kappa shape index (κ1) is 14.1. The second-order valence-corrected chi connectivity index (χ2v) is 4.97. The summed E-state index contributed by atoms with van der Waals surface area (Å²) in [5, 5.41) is 0. The molecule has 8 heteroatoms. The third-order valence-electron chi connectivity index (χ3n) is 2.15. The SMILES string of the molecule is CCC(NS(=O)(=O)NCCOC)c1ncc[nH]1. The highest BCUT2D eigenvalue weighted by molar-refractivity contribution is 7.87. The van der Waals surface area contributed by atoms with Gasteiger partial charge < -0.3 is 9.72 Å². The fraction of sp³-hybridized carbons (Fsp3) is 0.667. The Labute approximate surface area is 101 Å². The minimum absolute atomic E-state index is 0.237. The molecule has 1 unspecified atom stereocenters. The number of hydrogen-bond acceptors (Lipinski definition) is 4. The molecule has 0 radical (unpaired) electrons. The molecule has 0 aliphatic heterocycles. The van der Waals surface area contributed by atoms with Crippen LogP contribution in [-0.4, -0.2) is 38.6 Å². The normalized spacial score (nSPS) is 13.8. The molecule has 1 rings (SSSR count). The number of rotatable bonds is 8. The van der Waals surface area contributed by atoms with E-state index >= 15 is 0 Å². The monoisotopic (exact) mass is 262 g/mol. The van der Waals surface area contributed by atoms with Crippen LogP contribution in [0.2, 0.25) is 0 Å². The second kappa shape index (κ2) is 6.70. The number of nitrogens with zero attached hydrogens (tertiary/aromatic N) is 1. The van der Waals surface area contributed by atoms with Crippen LogP contribution in [-0.2, 0) is 14.9 Å². The molecule has 0 saturated carbocycles. The highest BCUT2D eigenvalue weighted by Gasteiger charge is 2.18. The Kier molecular flexibility index (Phi) is 5.56. The Morgan fingerprint density at radius 3 is 2.88 bits per heavy atom. The molecule has 0 saturated heterocycles. The molecular formula is C9H18N4O3S. The van der Waals surface area contributed by atoms with Gasteiger partial charge in [-0.25, -0.2) is 4.98 Å². The smallest absolute Gasteiger partial charge is 0.277 e. The van der Waals surface area contributed by atoms with Crippen LogP contribution in [0.3, 0.4) is 0 Å². The van der Waals surface area contributed by atoms with Gasteiger partial charge in [0.2, 0.25) is 0 Å². The molecule has 0 fully saturated rings. The summed E-state index contributed by atoms with van der Waals surface area (Å²) >= 11 is 0. The third kappa shape index (κ3) is 4.82. The van der Waals surface area contributed by atoms with Gasteiger partial charge in [0.25, 0.3) is 10.2 Å². The Balaban J connectivity index is 2.56. The summed E-state index contributed by atoms with van der Waals surface area (Å²) in [7, 11) is -2.02. The van der Waals surface area contributed by atoms with Crippen molar-refractivity contribution in [3.8, 4) is 0 Å². The van der Waals surface area contributed by atoms with Crippen molar-refractivity contribution in [2.75, 3.05) is 20.3 Å². The molecule has 0 aliphatic rings. The fourth-order valence-electron chi connectivity index (χ4n) is 1.31. The van der Waals surface area contributed by atoms with E-state index in [0.29, 0.717) is 18.9 Å². The Hall–Kier alpha value is -0.960. The molecule has 0 aromatic carbocycles. The zero-order valence-corrected chi connectivity index (χ0v) is 10.8. The van der Waals surface area contributed by atoms with Crippen LogP contribution >= 0.6 is 0 Å². The van der Waals surface area contributed by atoms with E-state index < -0.39 is 10.2 Å². The Bertz CT molecular complexity index is 404. The van der Waals surface area contributed by atoms with Crippen molar-refractivity contribution in [1.29, 1.82) is 0 Å². The van der Waals surface area contributed by atoms with Crippen LogP contribution in [0.15, 0.2) is 12.4 Å². The number of ether oxygens (including phenoxy) is 1. The van der Waals surface area contributed by atoms with Crippen LogP contribution < -0.4 is 9.44 Å². The molecule has 17 heavy (non-hydrogen) atoms. The Morgan fingerprint density at radius 2 is 2.35 bits per heavy atom. The number of aromatic nitrogens is 2. The van der Waals surface area contributed by atoms with E-state index in [0.717, 1.165) is 0 Å². The Morgan fingerprint density at radius 1 is 1.59 bits per heavy atom. The van der Waals surface area contributed by atoms with Crippen LogP contribution in [0.5, 0.6) is 0 Å². The number of aromatic amines is 1. The van der Waals surface area contributed by atoms with Gasteiger partial charge in [-0.05, 0) is 6.42 Å². The number of hydrogen-bond donors (Lipinski definition) is 3. The minimum Gasteiger partial charge on any atom is -0.383 e. The van der Waals surface area contributed by atoms with Crippen molar-refractivity contribution >= 4 is 10.2 Å². The molecule has 0 amide bonds. The van der Waals surface area contributed by atoms with Gasteiger partial charge in [0.15, 0.2) is 0 Å². The van der Waals surface area contributed by atoms with E-state index in [1.54, 1.807) is 12.4 Å². The third-order valence-corrected chi connectivity index (χ3v) is 3.33. The lowest BCUT2D eigenvalue weighted by molar-refractivity contribution is 0.204. The average molecular weight is 262 g/mol. The lowest BCUT2D eigenvalue weighted by atomic mass is 10.2. The van der Waals surface area contributed by atoms with Crippen molar-refractivity contribution < 1.29 is 13.2 Å². The van der Waals surface area contributed by atoms with Gasteiger partial charge in [-0.3, -0.25) is 0 Å². The van der Waals surface area contributed by atoms with Gasteiger partial charge >= 0.3 is 0 Å². The minimum atomic E-state index is -3.53. The fourth-order valence-corrected chi connectivity index (χ4v) is 2.40. The first-order chi connectivity index (χ1) is 8.09. The molecule has 7 nitrogen and oxygen atoms in total. The van der Waals surface area contributed by atoms with Gasteiger partial charge in [-0.15, -0.1) is 0 Å². The van der Waals surface area contributed by atoms with Gasteiger partial charge in [0.05, 0.1) is 12.6 Å². The number of H-pyrrole nitrogens is 1. The molecule has 98 valence electrons. The van der Waals surface area contributed by atoms with E-state index in [-0.39, 0.29) is 12.6 Å². The van der Waals surface area contributed by atoms with Crippen molar-refractivity contribution in [2.24, 2.45) is 0 Å². The highest BCUT2D eigenvalue weighted by atomic mass is 32.2. The quantitative estimate of drug-likeness (QED) is 0.571. The summed E-state index contributed by atoms with van der Waals surface area (Å²) in [6.45, 7) is 2.45. The molecule has 1 aromatic heterocycles. The molecule has 1 heterocycles. The summed E-state index contributed by atoms with van der Waals surface area (Å²) < 4.78 is 33.0. The van der Waals surface area contributed by atoms with Gasteiger partial charge in [0.1, 0.15) is 5.82 Å². The number of nitrogens with one attached hydrogen (secondary N) is 3. The lowest BCUT2D eigenvalue weighted by Gasteiger charge is -2.15. The summed E-state index contributed by atoms with van der Waals surface area (Å²) in [4.78, 5) is 6.92. The molecule has 0 aliphatic carbocycles. The summed E-state index contributed by atoms with van der Waals surface area (Å²) in [6, 6.07) is -0.356. The van der Waals surface area contributed by atoms with Crippen molar-refractivity contribution in [2.45, 2.75) is 19.4 Å². The van der Waals surface area contributed by atoms with Gasteiger partial charge in [-0.1, -0.05) is 6.92 Å². The zero-order chi connectivity index (χ0) is 12.7. The number of imidazole rings is 1. The lowest BCUT2D eigenvalue weighted by Crippen LogP contribution is -2.40. The molecule has 1 atom stereocenters. The van der Waals surface area contributed by atoms with Crippen LogP contribution in [0.4, 0.5) is 0 Å². The molecule has 1 aromatic rings. The van der Waals surface area contributed by atoms with Crippen molar-refractivity contribution in [3.63, 3.8) is 0 Å². The predicted molar refractivity (Wildman–Crippen MR) is 63.6 cm³/mol. The van der Waals surface area contributed by atoms with E-state index in [9.17, 15) is 8.42 Å². The average Bonchev–Trinajstić information content (AvgIpc) is 2.79. The maximum atomic E-state index is 11.7. The first-order valence-electron chi connectivity index (χ1n) is 5.34. The van der Waals surface area contributed by atoms with E-state index in [2.05, 4.69) is 19.4 Å². The van der Waals surface area contributed by atoms with Crippen molar-refractivity contribution in [1.82, 2.24) is 19.4 Å². The summed E-state index contributed by atoms with van der Waals surface area (Å²) in [6.07, 6.45) is 3.86. The standard InChI is InChI=1S/C9H18N4O3S/c1-3-8(9-10-4-5-11-9)13-17(14,15)12-6-7-16-2/h4-5,8,12-13H,3,6-7H2,1-2H3,(H,10,11). The maximum absolute atomic E-state index is 11.7. The molecule has 0 spiro atoms. The predicted octanol–water partition coefficient (Wildman–Crippen LogP) is -0.0688. The van der Waals surface area contributed by atoms with E-state index in [1.165, 1.54) is 7.11 Å².